The molecule has 4 nitrogen and oxygen atoms in total. The predicted molar refractivity (Wildman–Crippen MR) is 107 cm³/mol. The second-order valence-corrected chi connectivity index (χ2v) is 6.65. The number of hydrogen-bond donors (Lipinski definition) is 1. The Hall–Kier alpha value is -1.63. The summed E-state index contributed by atoms with van der Waals surface area (Å²) >= 11 is 11.8. The predicted octanol–water partition coefficient (Wildman–Crippen LogP) is 5.01. The third kappa shape index (κ3) is 5.93. The third-order valence-electron chi connectivity index (χ3n) is 3.82. The molecular formula is C20H14Cl2FNNaO3. The van der Waals surface area contributed by atoms with Crippen LogP contribution in [0.1, 0.15) is 27.3 Å². The molecule has 0 aliphatic carbocycles. The molecule has 0 bridgehead atoms. The molecule has 139 valence electrons. The molecule has 2 aromatic carbocycles. The molecule has 1 radical (unpaired) electrons. The molecule has 0 saturated carbocycles. The number of carbonyl (C=O) groups is 1. The molecule has 0 unspecified atom stereocenters. The summed E-state index contributed by atoms with van der Waals surface area (Å²) in [5.74, 6) is -1.04. The maximum Gasteiger partial charge on any atom is 0.354 e. The molecule has 0 aliphatic rings. The fourth-order valence-electron chi connectivity index (χ4n) is 2.51. The third-order valence-corrected chi connectivity index (χ3v) is 4.29. The van der Waals surface area contributed by atoms with Crippen molar-refractivity contribution in [1.82, 2.24) is 4.98 Å². The van der Waals surface area contributed by atoms with E-state index < -0.39 is 11.8 Å². The molecule has 8 heteroatoms. The van der Waals surface area contributed by atoms with Gasteiger partial charge in [0.2, 0.25) is 0 Å². The number of ether oxygens (including phenoxy) is 1. The van der Waals surface area contributed by atoms with Gasteiger partial charge in [-0.15, -0.1) is 0 Å². The average molecular weight is 429 g/mol. The van der Waals surface area contributed by atoms with Crippen molar-refractivity contribution in [3.05, 3.63) is 93.0 Å². The number of carboxylic acid groups (broad SMARTS) is 1. The first-order valence-corrected chi connectivity index (χ1v) is 8.72. The van der Waals surface area contributed by atoms with Gasteiger partial charge in [0.1, 0.15) is 23.9 Å². The smallest absolute Gasteiger partial charge is 0.354 e. The minimum atomic E-state index is -1.10. The van der Waals surface area contributed by atoms with Crippen LogP contribution in [0.25, 0.3) is 0 Å². The second kappa shape index (κ2) is 10.2. The van der Waals surface area contributed by atoms with Gasteiger partial charge in [-0.25, -0.2) is 14.2 Å². The maximum atomic E-state index is 13.9. The number of hydrogen-bond acceptors (Lipinski definition) is 3. The van der Waals surface area contributed by atoms with Gasteiger partial charge in [-0.3, -0.25) is 0 Å². The van der Waals surface area contributed by atoms with Crippen LogP contribution in [0.2, 0.25) is 10.0 Å². The minimum Gasteiger partial charge on any atom is -0.489 e. The number of pyridine rings is 1. The van der Waals surface area contributed by atoms with Crippen molar-refractivity contribution in [2.75, 3.05) is 0 Å². The van der Waals surface area contributed by atoms with Gasteiger partial charge in [0.05, 0.1) is 0 Å². The maximum absolute atomic E-state index is 13.9. The van der Waals surface area contributed by atoms with Gasteiger partial charge in [0, 0.05) is 62.8 Å². The monoisotopic (exact) mass is 428 g/mol. The number of halogens is 3. The van der Waals surface area contributed by atoms with Crippen molar-refractivity contribution in [2.45, 2.75) is 13.0 Å². The van der Waals surface area contributed by atoms with Gasteiger partial charge in [-0.05, 0) is 42.5 Å². The van der Waals surface area contributed by atoms with Crippen LogP contribution in [0.15, 0.2) is 54.6 Å². The first-order chi connectivity index (χ1) is 12.9. The van der Waals surface area contributed by atoms with E-state index in [-0.39, 0.29) is 41.9 Å². The van der Waals surface area contributed by atoms with Crippen LogP contribution in [-0.4, -0.2) is 45.6 Å². The van der Waals surface area contributed by atoms with Crippen molar-refractivity contribution in [3.8, 4) is 5.75 Å². The zero-order valence-electron chi connectivity index (χ0n) is 15.0. The molecule has 0 aliphatic heterocycles. The number of nitrogens with zero attached hydrogens (tertiary/aromatic N) is 1. The van der Waals surface area contributed by atoms with Crippen LogP contribution in [0.5, 0.6) is 5.75 Å². The average Bonchev–Trinajstić information content (AvgIpc) is 2.62. The summed E-state index contributed by atoms with van der Waals surface area (Å²) in [5, 5.41) is 9.89. The van der Waals surface area contributed by atoms with E-state index in [2.05, 4.69) is 4.98 Å². The molecule has 1 heterocycles. The summed E-state index contributed by atoms with van der Waals surface area (Å²) in [6.07, 6.45) is 0.320. The van der Waals surface area contributed by atoms with Crippen LogP contribution in [0.3, 0.4) is 0 Å². The molecule has 1 aromatic heterocycles. The van der Waals surface area contributed by atoms with E-state index in [1.54, 1.807) is 42.5 Å². The Balaban J connectivity index is 0.00000280. The number of aromatic nitrogens is 1. The number of aromatic carboxylic acids is 1. The first kappa shape index (κ1) is 22.7. The van der Waals surface area contributed by atoms with Gasteiger partial charge in [-0.2, -0.15) is 0 Å². The van der Waals surface area contributed by atoms with Crippen LogP contribution >= 0.6 is 23.2 Å². The van der Waals surface area contributed by atoms with Gasteiger partial charge < -0.3 is 9.84 Å². The van der Waals surface area contributed by atoms with Crippen molar-refractivity contribution < 1.29 is 19.0 Å². The summed E-state index contributed by atoms with van der Waals surface area (Å²) in [7, 11) is 0. The SMILES string of the molecule is O=C(O)c1cccc(Cc2cc(Cl)ccc2OCc2ccc(Cl)cc2F)n1.[Na]. The van der Waals surface area contributed by atoms with Gasteiger partial charge >= 0.3 is 5.97 Å². The minimum absolute atomic E-state index is 0. The summed E-state index contributed by atoms with van der Waals surface area (Å²) in [4.78, 5) is 15.2. The fourth-order valence-corrected chi connectivity index (χ4v) is 2.87. The van der Waals surface area contributed by atoms with E-state index in [9.17, 15) is 9.18 Å². The fraction of sp³-hybridized carbons (Fsp3) is 0.100. The van der Waals surface area contributed by atoms with E-state index in [1.807, 2.05) is 0 Å². The van der Waals surface area contributed by atoms with E-state index in [0.29, 0.717) is 39.0 Å². The van der Waals surface area contributed by atoms with Crippen molar-refractivity contribution >= 4 is 58.7 Å². The Morgan fingerprint density at radius 3 is 2.46 bits per heavy atom. The summed E-state index contributed by atoms with van der Waals surface area (Å²) in [6, 6.07) is 14.2. The van der Waals surface area contributed by atoms with E-state index in [0.717, 1.165) is 0 Å². The number of rotatable bonds is 6. The van der Waals surface area contributed by atoms with E-state index in [1.165, 1.54) is 12.1 Å². The summed E-state index contributed by atoms with van der Waals surface area (Å²) in [6.45, 7) is 0.0141. The molecule has 28 heavy (non-hydrogen) atoms. The van der Waals surface area contributed by atoms with Crippen LogP contribution in [0.4, 0.5) is 4.39 Å². The van der Waals surface area contributed by atoms with Crippen LogP contribution in [0, 0.1) is 5.82 Å². The topological polar surface area (TPSA) is 59.4 Å². The van der Waals surface area contributed by atoms with Crippen LogP contribution < -0.4 is 4.74 Å². The Labute approximate surface area is 193 Å². The number of benzene rings is 2. The summed E-state index contributed by atoms with van der Waals surface area (Å²) < 4.78 is 19.7. The zero-order chi connectivity index (χ0) is 19.4. The first-order valence-electron chi connectivity index (χ1n) is 7.97. The Morgan fingerprint density at radius 2 is 1.75 bits per heavy atom. The van der Waals surface area contributed by atoms with Crippen LogP contribution in [-0.2, 0) is 13.0 Å². The van der Waals surface area contributed by atoms with E-state index in [4.69, 9.17) is 33.0 Å². The van der Waals surface area contributed by atoms with Gasteiger partial charge in [0.15, 0.2) is 0 Å². The van der Waals surface area contributed by atoms with Gasteiger partial charge in [-0.1, -0.05) is 35.3 Å². The quantitative estimate of drug-likeness (QED) is 0.560. The van der Waals surface area contributed by atoms with Crippen molar-refractivity contribution in [1.29, 1.82) is 0 Å². The largest absolute Gasteiger partial charge is 0.489 e. The Kier molecular flexibility index (Phi) is 8.28. The molecule has 0 amide bonds. The molecule has 0 fully saturated rings. The summed E-state index contributed by atoms with van der Waals surface area (Å²) in [5.41, 5.74) is 1.60. The molecule has 0 atom stereocenters. The molecule has 3 rings (SSSR count). The Bertz CT molecular complexity index is 1000. The number of carboxylic acids is 1. The molecule has 1 N–H and O–H groups in total. The Morgan fingerprint density at radius 1 is 1.04 bits per heavy atom. The molecule has 0 spiro atoms. The van der Waals surface area contributed by atoms with Gasteiger partial charge in [0.25, 0.3) is 0 Å². The standard InChI is InChI=1S/C20H14Cl2FNO3.Na/c21-14-6-7-19(27-11-12-4-5-15(22)10-17(12)23)13(8-14)9-16-2-1-3-18(24-16)20(25)26;/h1-8,10H,9,11H2,(H,25,26);. The van der Waals surface area contributed by atoms with Crippen molar-refractivity contribution in [3.63, 3.8) is 0 Å². The zero-order valence-corrected chi connectivity index (χ0v) is 18.5. The second-order valence-electron chi connectivity index (χ2n) is 5.77. The molecule has 0 saturated heterocycles. The molecular weight excluding hydrogens is 415 g/mol. The normalized spacial score (nSPS) is 10.2. The van der Waals surface area contributed by atoms with E-state index >= 15 is 0 Å². The van der Waals surface area contributed by atoms with Crippen molar-refractivity contribution in [2.24, 2.45) is 0 Å². The molecule has 3 aromatic rings.